The molecule has 118 valence electrons. The number of hydrogen-bond donors (Lipinski definition) is 2. The lowest BCUT2D eigenvalue weighted by Gasteiger charge is -2.30. The first-order valence-corrected chi connectivity index (χ1v) is 7.72. The Labute approximate surface area is 130 Å². The predicted octanol–water partition coefficient (Wildman–Crippen LogP) is 1.80. The Kier molecular flexibility index (Phi) is 6.23. The first-order chi connectivity index (χ1) is 10.7. The number of aliphatic hydroxyl groups excluding tert-OH is 1. The molecule has 1 aliphatic rings. The van der Waals surface area contributed by atoms with Crippen LogP contribution in [0.5, 0.6) is 5.75 Å². The van der Waals surface area contributed by atoms with E-state index in [4.69, 9.17) is 10.00 Å². The van der Waals surface area contributed by atoms with Crippen molar-refractivity contribution in [2.45, 2.75) is 38.1 Å². The van der Waals surface area contributed by atoms with Crippen LogP contribution in [-0.2, 0) is 11.2 Å². The van der Waals surface area contributed by atoms with Crippen molar-refractivity contribution < 1.29 is 14.6 Å². The molecular formula is C17H22N2O3. The molecule has 1 aliphatic carbocycles. The average molecular weight is 302 g/mol. The highest BCUT2D eigenvalue weighted by molar-refractivity contribution is 5.79. The molecule has 2 N–H and O–H groups in total. The molecule has 1 amide bonds. The van der Waals surface area contributed by atoms with Gasteiger partial charge in [0.2, 0.25) is 5.91 Å². The summed E-state index contributed by atoms with van der Waals surface area (Å²) in [5, 5.41) is 20.9. The van der Waals surface area contributed by atoms with E-state index in [1.165, 1.54) is 0 Å². The largest absolute Gasteiger partial charge is 0.479 e. The third-order valence-electron chi connectivity index (χ3n) is 4.06. The smallest absolute Gasteiger partial charge is 0.224 e. The lowest BCUT2D eigenvalue weighted by atomic mass is 9.85. The van der Waals surface area contributed by atoms with Crippen LogP contribution >= 0.6 is 0 Å². The zero-order valence-corrected chi connectivity index (χ0v) is 12.6. The summed E-state index contributed by atoms with van der Waals surface area (Å²) in [4.78, 5) is 12.2. The second kappa shape index (κ2) is 8.40. The summed E-state index contributed by atoms with van der Waals surface area (Å²) in [6.45, 7) is 0.123. The molecular weight excluding hydrogens is 280 g/mol. The SMILES string of the molecule is N#CCOc1cccc(CC(=O)NC2CCCCC2CO)c1. The number of carbonyl (C=O) groups excluding carboxylic acids is 1. The molecule has 5 heteroatoms. The van der Waals surface area contributed by atoms with Crippen LogP contribution in [0.3, 0.4) is 0 Å². The number of aliphatic hydroxyl groups is 1. The minimum Gasteiger partial charge on any atom is -0.479 e. The molecule has 0 bridgehead atoms. The first-order valence-electron chi connectivity index (χ1n) is 7.72. The minimum atomic E-state index is -0.0391. The van der Waals surface area contributed by atoms with E-state index >= 15 is 0 Å². The van der Waals surface area contributed by atoms with Gasteiger partial charge in [0.25, 0.3) is 0 Å². The molecule has 0 heterocycles. The number of carbonyl (C=O) groups is 1. The van der Waals surface area contributed by atoms with Crippen LogP contribution in [-0.4, -0.2) is 30.3 Å². The molecule has 2 rings (SSSR count). The van der Waals surface area contributed by atoms with Crippen LogP contribution in [0.25, 0.3) is 0 Å². The summed E-state index contributed by atoms with van der Waals surface area (Å²) >= 11 is 0. The zero-order chi connectivity index (χ0) is 15.8. The topological polar surface area (TPSA) is 82.3 Å². The maximum atomic E-state index is 12.2. The Hall–Kier alpha value is -2.06. The minimum absolute atomic E-state index is 0.00406. The number of nitrogens with one attached hydrogen (secondary N) is 1. The number of hydrogen-bond acceptors (Lipinski definition) is 4. The fourth-order valence-electron chi connectivity index (χ4n) is 2.92. The Morgan fingerprint density at radius 2 is 2.23 bits per heavy atom. The monoisotopic (exact) mass is 302 g/mol. The maximum absolute atomic E-state index is 12.2. The third kappa shape index (κ3) is 4.74. The van der Waals surface area contributed by atoms with E-state index in [0.717, 1.165) is 31.2 Å². The summed E-state index contributed by atoms with van der Waals surface area (Å²) in [5.74, 6) is 0.725. The fraction of sp³-hybridized carbons (Fsp3) is 0.529. The number of rotatable bonds is 6. The quantitative estimate of drug-likeness (QED) is 0.839. The van der Waals surface area contributed by atoms with Gasteiger partial charge in [-0.1, -0.05) is 25.0 Å². The number of nitrogens with zero attached hydrogens (tertiary/aromatic N) is 1. The number of amides is 1. The van der Waals surface area contributed by atoms with Crippen LogP contribution in [0.2, 0.25) is 0 Å². The van der Waals surface area contributed by atoms with E-state index < -0.39 is 0 Å². The van der Waals surface area contributed by atoms with E-state index in [9.17, 15) is 9.90 Å². The molecule has 0 saturated heterocycles. The summed E-state index contributed by atoms with van der Waals surface area (Å²) < 4.78 is 5.24. The van der Waals surface area contributed by atoms with Gasteiger partial charge < -0.3 is 15.2 Å². The van der Waals surface area contributed by atoms with Crippen molar-refractivity contribution in [2.75, 3.05) is 13.2 Å². The van der Waals surface area contributed by atoms with E-state index in [2.05, 4.69) is 5.32 Å². The van der Waals surface area contributed by atoms with E-state index in [0.29, 0.717) is 5.75 Å². The zero-order valence-electron chi connectivity index (χ0n) is 12.6. The van der Waals surface area contributed by atoms with Crippen molar-refractivity contribution in [1.82, 2.24) is 5.32 Å². The lowest BCUT2D eigenvalue weighted by Crippen LogP contribution is -2.44. The molecule has 1 fully saturated rings. The van der Waals surface area contributed by atoms with E-state index in [1.807, 2.05) is 18.2 Å². The van der Waals surface area contributed by atoms with Crippen LogP contribution < -0.4 is 10.1 Å². The van der Waals surface area contributed by atoms with Crippen LogP contribution in [0.4, 0.5) is 0 Å². The molecule has 5 nitrogen and oxygen atoms in total. The van der Waals surface area contributed by atoms with Crippen molar-refractivity contribution in [3.05, 3.63) is 29.8 Å². The highest BCUT2D eigenvalue weighted by Crippen LogP contribution is 2.24. The second-order valence-corrected chi connectivity index (χ2v) is 5.67. The normalized spacial score (nSPS) is 20.9. The van der Waals surface area contributed by atoms with Gasteiger partial charge in [-0.2, -0.15) is 5.26 Å². The molecule has 1 aromatic carbocycles. The highest BCUT2D eigenvalue weighted by Gasteiger charge is 2.25. The van der Waals surface area contributed by atoms with Crippen LogP contribution in [0.15, 0.2) is 24.3 Å². The Balaban J connectivity index is 1.90. The van der Waals surface area contributed by atoms with Gasteiger partial charge in [0.05, 0.1) is 6.42 Å². The molecule has 0 aliphatic heterocycles. The number of ether oxygens (including phenoxy) is 1. The summed E-state index contributed by atoms with van der Waals surface area (Å²) in [7, 11) is 0. The highest BCUT2D eigenvalue weighted by atomic mass is 16.5. The average Bonchev–Trinajstić information content (AvgIpc) is 2.53. The van der Waals surface area contributed by atoms with Gasteiger partial charge in [0, 0.05) is 18.6 Å². The van der Waals surface area contributed by atoms with Gasteiger partial charge in [0.15, 0.2) is 6.61 Å². The molecule has 22 heavy (non-hydrogen) atoms. The summed E-state index contributed by atoms with van der Waals surface area (Å²) in [5.41, 5.74) is 0.851. The predicted molar refractivity (Wildman–Crippen MR) is 82.2 cm³/mol. The fourth-order valence-corrected chi connectivity index (χ4v) is 2.92. The van der Waals surface area contributed by atoms with Crippen molar-refractivity contribution in [1.29, 1.82) is 5.26 Å². The van der Waals surface area contributed by atoms with E-state index in [1.54, 1.807) is 12.1 Å². The molecule has 2 unspecified atom stereocenters. The maximum Gasteiger partial charge on any atom is 0.224 e. The Morgan fingerprint density at radius 3 is 3.00 bits per heavy atom. The van der Waals surface area contributed by atoms with Crippen molar-refractivity contribution in [3.63, 3.8) is 0 Å². The van der Waals surface area contributed by atoms with Crippen molar-refractivity contribution >= 4 is 5.91 Å². The summed E-state index contributed by atoms with van der Waals surface area (Å²) in [6.07, 6.45) is 4.40. The molecule has 1 saturated carbocycles. The van der Waals surface area contributed by atoms with E-state index in [-0.39, 0.29) is 37.5 Å². The van der Waals surface area contributed by atoms with Crippen LogP contribution in [0, 0.1) is 17.2 Å². The van der Waals surface area contributed by atoms with Gasteiger partial charge in [0.1, 0.15) is 11.8 Å². The molecule has 0 radical (unpaired) electrons. The Bertz CT molecular complexity index is 539. The molecule has 0 aromatic heterocycles. The van der Waals surface area contributed by atoms with Crippen molar-refractivity contribution in [2.24, 2.45) is 5.92 Å². The van der Waals surface area contributed by atoms with Gasteiger partial charge >= 0.3 is 0 Å². The van der Waals surface area contributed by atoms with Gasteiger partial charge in [-0.3, -0.25) is 4.79 Å². The lowest BCUT2D eigenvalue weighted by molar-refractivity contribution is -0.121. The van der Waals surface area contributed by atoms with Gasteiger partial charge in [-0.05, 0) is 30.5 Å². The third-order valence-corrected chi connectivity index (χ3v) is 4.06. The molecule has 0 spiro atoms. The molecule has 1 aromatic rings. The Morgan fingerprint density at radius 1 is 1.41 bits per heavy atom. The van der Waals surface area contributed by atoms with Crippen molar-refractivity contribution in [3.8, 4) is 11.8 Å². The number of nitriles is 1. The second-order valence-electron chi connectivity index (χ2n) is 5.67. The standard InChI is InChI=1S/C17H22N2O3/c18-8-9-22-15-6-3-4-13(10-15)11-17(21)19-16-7-2-1-5-14(16)12-20/h3-4,6,10,14,16,20H,1-2,5,7,9,11-12H2,(H,19,21). The summed E-state index contributed by atoms with van der Waals surface area (Å²) in [6, 6.07) is 9.21. The van der Waals surface area contributed by atoms with Gasteiger partial charge in [-0.15, -0.1) is 0 Å². The van der Waals surface area contributed by atoms with Crippen LogP contribution in [0.1, 0.15) is 31.2 Å². The molecule has 2 atom stereocenters. The van der Waals surface area contributed by atoms with Gasteiger partial charge in [-0.25, -0.2) is 0 Å². The number of benzene rings is 1. The first kappa shape index (κ1) is 16.3.